The Morgan fingerprint density at radius 2 is 1.22 bits per heavy atom. The van der Waals surface area contributed by atoms with E-state index >= 15 is 0 Å². The van der Waals surface area contributed by atoms with E-state index < -0.39 is 17.8 Å². The first-order valence-electron chi connectivity index (χ1n) is 12.5. The molecule has 2 aliphatic carbocycles. The van der Waals surface area contributed by atoms with Crippen LogP contribution in [0.25, 0.3) is 5.57 Å². The van der Waals surface area contributed by atoms with Gasteiger partial charge in [0.25, 0.3) is 0 Å². The quantitative estimate of drug-likeness (QED) is 0.275. The molecule has 0 N–H and O–H groups in total. The van der Waals surface area contributed by atoms with Crippen LogP contribution in [0.5, 0.6) is 0 Å². The number of carbonyl (C=O) groups excluding carboxylic acids is 3. The zero-order chi connectivity index (χ0) is 25.8. The summed E-state index contributed by atoms with van der Waals surface area (Å²) < 4.78 is 4.91. The summed E-state index contributed by atoms with van der Waals surface area (Å²) in [5.74, 6) is -2.43. The number of imide groups is 1. The van der Waals surface area contributed by atoms with E-state index in [0.717, 1.165) is 22.3 Å². The van der Waals surface area contributed by atoms with Gasteiger partial charge in [-0.15, -0.1) is 0 Å². The molecule has 37 heavy (non-hydrogen) atoms. The molecule has 2 fully saturated rings. The van der Waals surface area contributed by atoms with Crippen LogP contribution in [0.1, 0.15) is 32.6 Å². The summed E-state index contributed by atoms with van der Waals surface area (Å²) in [6.07, 6.45) is 4.18. The third-order valence-electron chi connectivity index (χ3n) is 7.94. The van der Waals surface area contributed by atoms with Gasteiger partial charge < -0.3 is 4.74 Å². The number of para-hydroxylation sites is 1. The van der Waals surface area contributed by atoms with Crippen molar-refractivity contribution in [3.8, 4) is 0 Å². The smallest absolute Gasteiger partial charge is 0.339 e. The molecule has 1 saturated heterocycles. The molecule has 0 unspecified atom stereocenters. The van der Waals surface area contributed by atoms with E-state index in [1.165, 1.54) is 23.1 Å². The summed E-state index contributed by atoms with van der Waals surface area (Å²) in [7, 11) is 1.29. The minimum absolute atomic E-state index is 0.181. The molecule has 0 aromatic heterocycles. The molecule has 6 rings (SSSR count). The van der Waals surface area contributed by atoms with Gasteiger partial charge in [0.2, 0.25) is 11.8 Å². The number of anilines is 1. The Hall–Kier alpha value is -4.25. The van der Waals surface area contributed by atoms with Crippen molar-refractivity contribution in [2.45, 2.75) is 13.8 Å². The summed E-state index contributed by atoms with van der Waals surface area (Å²) in [5.41, 5.74) is 7.23. The molecule has 2 amide bonds. The molecule has 0 radical (unpaired) electrons. The topological polar surface area (TPSA) is 63.7 Å². The fourth-order valence-electron chi connectivity index (χ4n) is 6.23. The number of rotatable bonds is 4. The average molecular weight is 490 g/mol. The van der Waals surface area contributed by atoms with Crippen molar-refractivity contribution in [2.24, 2.45) is 23.7 Å². The van der Waals surface area contributed by atoms with Crippen LogP contribution < -0.4 is 4.90 Å². The number of fused-ring (bicyclic) bond motifs is 5. The van der Waals surface area contributed by atoms with Gasteiger partial charge in [-0.05, 0) is 48.3 Å². The summed E-state index contributed by atoms with van der Waals surface area (Å²) >= 11 is 0. The fourth-order valence-corrected chi connectivity index (χ4v) is 6.23. The predicted molar refractivity (Wildman–Crippen MR) is 142 cm³/mol. The van der Waals surface area contributed by atoms with Crippen molar-refractivity contribution in [3.05, 3.63) is 118 Å². The van der Waals surface area contributed by atoms with Gasteiger partial charge in [-0.1, -0.05) is 83.9 Å². The summed E-state index contributed by atoms with van der Waals surface area (Å²) in [5, 5.41) is 0. The van der Waals surface area contributed by atoms with Crippen molar-refractivity contribution in [3.63, 3.8) is 0 Å². The van der Waals surface area contributed by atoms with Crippen molar-refractivity contribution >= 4 is 29.0 Å². The molecule has 5 nitrogen and oxygen atoms in total. The first-order chi connectivity index (χ1) is 17.9. The Bertz CT molecular complexity index is 1410. The second-order valence-electron chi connectivity index (χ2n) is 10.1. The molecule has 3 aliphatic rings. The van der Waals surface area contributed by atoms with Crippen LogP contribution in [-0.2, 0) is 14.3 Å². The van der Waals surface area contributed by atoms with Gasteiger partial charge in [0.05, 0.1) is 30.2 Å². The molecule has 3 aromatic carbocycles. The highest BCUT2D eigenvalue weighted by Crippen LogP contribution is 2.59. The second kappa shape index (κ2) is 8.70. The van der Waals surface area contributed by atoms with Gasteiger partial charge in [-0.3, -0.25) is 9.59 Å². The first-order valence-corrected chi connectivity index (χ1v) is 12.5. The highest BCUT2D eigenvalue weighted by molar-refractivity contribution is 6.25. The predicted octanol–water partition coefficient (Wildman–Crippen LogP) is 5.51. The molecule has 2 bridgehead atoms. The van der Waals surface area contributed by atoms with E-state index in [-0.39, 0.29) is 29.2 Å². The van der Waals surface area contributed by atoms with Crippen LogP contribution in [0.3, 0.4) is 0 Å². The van der Waals surface area contributed by atoms with Crippen molar-refractivity contribution in [1.29, 1.82) is 0 Å². The van der Waals surface area contributed by atoms with Gasteiger partial charge >= 0.3 is 5.97 Å². The number of carbonyl (C=O) groups is 3. The second-order valence-corrected chi connectivity index (χ2v) is 10.1. The summed E-state index contributed by atoms with van der Waals surface area (Å²) in [6.45, 7) is 4.12. The molecule has 0 spiro atoms. The standard InChI is InChI=1S/C32H27NO4/c1-18-8-12-20(13-9-18)26(21-14-10-19(2)11-15-21)27-23-16-17-24(27)29-28(23)30(34)33(31(29)35)25-7-5-4-6-22(25)32(36)37-3/h4-17,23-24,28-29H,1-3H3/t23-,24+,28-,29-/m1/s1. The summed E-state index contributed by atoms with van der Waals surface area (Å²) in [4.78, 5) is 41.4. The molecular formula is C32H27NO4. The van der Waals surface area contributed by atoms with Crippen molar-refractivity contribution in [1.82, 2.24) is 0 Å². The normalized spacial score (nSPS) is 23.5. The maximum Gasteiger partial charge on any atom is 0.339 e. The molecular weight excluding hydrogens is 462 g/mol. The van der Waals surface area contributed by atoms with Gasteiger partial charge in [-0.25, -0.2) is 9.69 Å². The SMILES string of the molecule is COC(=O)c1ccccc1N1C(=O)[C@H]2[C@H](C1=O)[C@H]1C=C[C@@H]2C1=C(c1ccc(C)cc1)c1ccc(C)cc1. The van der Waals surface area contributed by atoms with Crippen LogP contribution in [0, 0.1) is 37.5 Å². The Morgan fingerprint density at radius 3 is 1.70 bits per heavy atom. The Morgan fingerprint density at radius 1 is 0.730 bits per heavy atom. The van der Waals surface area contributed by atoms with Gasteiger partial charge in [0.1, 0.15) is 0 Å². The molecule has 1 heterocycles. The number of aryl methyl sites for hydroxylation is 2. The van der Waals surface area contributed by atoms with Gasteiger partial charge in [-0.2, -0.15) is 0 Å². The van der Waals surface area contributed by atoms with Crippen LogP contribution in [0.4, 0.5) is 5.69 Å². The van der Waals surface area contributed by atoms with Crippen molar-refractivity contribution < 1.29 is 19.1 Å². The fraction of sp³-hybridized carbons (Fsp3) is 0.219. The number of esters is 1. The number of hydrogen-bond donors (Lipinski definition) is 0. The van der Waals surface area contributed by atoms with E-state index in [1.807, 2.05) is 0 Å². The molecule has 1 saturated carbocycles. The number of benzene rings is 3. The number of amides is 2. The minimum Gasteiger partial charge on any atom is -0.465 e. The Labute approximate surface area is 216 Å². The van der Waals surface area contributed by atoms with E-state index in [0.29, 0.717) is 5.69 Å². The third kappa shape index (κ3) is 3.49. The van der Waals surface area contributed by atoms with Crippen molar-refractivity contribution in [2.75, 3.05) is 12.0 Å². The largest absolute Gasteiger partial charge is 0.465 e. The number of allylic oxidation sites excluding steroid dienone is 3. The van der Waals surface area contributed by atoms with E-state index in [2.05, 4.69) is 74.5 Å². The zero-order valence-electron chi connectivity index (χ0n) is 21.0. The highest BCUT2D eigenvalue weighted by Gasteiger charge is 2.62. The lowest BCUT2D eigenvalue weighted by atomic mass is 9.85. The van der Waals surface area contributed by atoms with Crippen LogP contribution >= 0.6 is 0 Å². The third-order valence-corrected chi connectivity index (χ3v) is 7.94. The van der Waals surface area contributed by atoms with Crippen LogP contribution in [0.15, 0.2) is 90.5 Å². The zero-order valence-corrected chi connectivity index (χ0v) is 21.0. The maximum absolute atomic E-state index is 13.9. The highest BCUT2D eigenvalue weighted by atomic mass is 16.5. The Kier molecular flexibility index (Phi) is 5.45. The summed E-state index contributed by atoms with van der Waals surface area (Å²) in [6, 6.07) is 23.5. The molecule has 1 aliphatic heterocycles. The molecule has 5 heteroatoms. The molecule has 3 aromatic rings. The number of hydrogen-bond acceptors (Lipinski definition) is 4. The average Bonchev–Trinajstić information content (AvgIpc) is 3.55. The molecule has 4 atom stereocenters. The van der Waals surface area contributed by atoms with E-state index in [1.54, 1.807) is 24.3 Å². The monoisotopic (exact) mass is 489 g/mol. The van der Waals surface area contributed by atoms with Gasteiger partial charge in [0, 0.05) is 11.8 Å². The maximum atomic E-state index is 13.9. The lowest BCUT2D eigenvalue weighted by Crippen LogP contribution is -2.34. The van der Waals surface area contributed by atoms with E-state index in [4.69, 9.17) is 4.74 Å². The number of ether oxygens (including phenoxy) is 1. The minimum atomic E-state index is -0.573. The number of methoxy groups -OCH3 is 1. The van der Waals surface area contributed by atoms with Gasteiger partial charge in [0.15, 0.2) is 0 Å². The lowest BCUT2D eigenvalue weighted by Gasteiger charge is -2.22. The lowest BCUT2D eigenvalue weighted by molar-refractivity contribution is -0.122. The van der Waals surface area contributed by atoms with Crippen LogP contribution in [0.2, 0.25) is 0 Å². The van der Waals surface area contributed by atoms with Crippen LogP contribution in [-0.4, -0.2) is 24.9 Å². The van der Waals surface area contributed by atoms with E-state index in [9.17, 15) is 14.4 Å². The first kappa shape index (κ1) is 23.2. The number of nitrogens with zero attached hydrogens (tertiary/aromatic N) is 1. The molecule has 184 valence electrons. The Balaban J connectivity index is 1.48.